The molecule has 2 N–H and O–H groups in total. The maximum Gasteiger partial charge on any atom is 0.335 e. The molecule has 1 amide bonds. The molecule has 0 saturated heterocycles. The summed E-state index contributed by atoms with van der Waals surface area (Å²) in [5.74, 6) is -0.0778. The summed E-state index contributed by atoms with van der Waals surface area (Å²) < 4.78 is 5.86. The first kappa shape index (κ1) is 17.2. The molecule has 0 bridgehead atoms. The Hall–Kier alpha value is -3.25. The average Bonchev–Trinajstić information content (AvgIpc) is 3.11. The maximum absolute atomic E-state index is 12.3. The smallest absolute Gasteiger partial charge is 0.335 e. The molecule has 0 saturated carbocycles. The van der Waals surface area contributed by atoms with Gasteiger partial charge in [-0.05, 0) is 48.9 Å². The van der Waals surface area contributed by atoms with Gasteiger partial charge < -0.3 is 14.8 Å². The monoisotopic (exact) mass is 377 g/mol. The van der Waals surface area contributed by atoms with Crippen molar-refractivity contribution in [3.63, 3.8) is 0 Å². The predicted molar refractivity (Wildman–Crippen MR) is 105 cm³/mol. The Bertz CT molecular complexity index is 1100. The van der Waals surface area contributed by atoms with Crippen LogP contribution >= 0.6 is 11.8 Å². The van der Waals surface area contributed by atoms with E-state index in [1.807, 2.05) is 31.2 Å². The highest BCUT2D eigenvalue weighted by molar-refractivity contribution is 8.04. The van der Waals surface area contributed by atoms with Crippen molar-refractivity contribution in [2.24, 2.45) is 0 Å². The minimum Gasteiger partial charge on any atom is -0.478 e. The molecule has 6 heteroatoms. The van der Waals surface area contributed by atoms with E-state index in [-0.39, 0.29) is 11.5 Å². The van der Waals surface area contributed by atoms with Crippen molar-refractivity contribution < 1.29 is 19.1 Å². The number of benzene rings is 2. The largest absolute Gasteiger partial charge is 0.478 e. The highest BCUT2D eigenvalue weighted by Gasteiger charge is 2.21. The quantitative estimate of drug-likeness (QED) is 0.625. The number of amides is 1. The lowest BCUT2D eigenvalue weighted by atomic mass is 10.0. The van der Waals surface area contributed by atoms with E-state index < -0.39 is 5.97 Å². The van der Waals surface area contributed by atoms with Gasteiger partial charge in [-0.1, -0.05) is 30.0 Å². The predicted octanol–water partition coefficient (Wildman–Crippen LogP) is 5.04. The molecule has 27 heavy (non-hydrogen) atoms. The van der Waals surface area contributed by atoms with Crippen LogP contribution in [-0.2, 0) is 4.79 Å². The zero-order valence-electron chi connectivity index (χ0n) is 14.4. The van der Waals surface area contributed by atoms with Crippen LogP contribution in [0.4, 0.5) is 5.69 Å². The van der Waals surface area contributed by atoms with Crippen LogP contribution in [0.5, 0.6) is 0 Å². The second-order valence-electron chi connectivity index (χ2n) is 6.10. The zero-order chi connectivity index (χ0) is 19.0. The summed E-state index contributed by atoms with van der Waals surface area (Å²) in [7, 11) is 0. The summed E-state index contributed by atoms with van der Waals surface area (Å²) in [6.07, 6.45) is 1.69. The van der Waals surface area contributed by atoms with Gasteiger partial charge in [-0.15, -0.1) is 0 Å². The number of nitrogens with one attached hydrogen (secondary N) is 1. The fraction of sp³-hybridized carbons (Fsp3) is 0.0476. The third-order valence-corrected chi connectivity index (χ3v) is 5.33. The van der Waals surface area contributed by atoms with Gasteiger partial charge in [0.2, 0.25) is 0 Å². The molecule has 0 atom stereocenters. The molecule has 0 fully saturated rings. The highest BCUT2D eigenvalue weighted by Crippen LogP contribution is 2.39. The van der Waals surface area contributed by atoms with Crippen molar-refractivity contribution in [2.45, 2.75) is 11.8 Å². The number of anilines is 1. The molecular weight excluding hydrogens is 362 g/mol. The first-order valence-electron chi connectivity index (χ1n) is 8.25. The van der Waals surface area contributed by atoms with Crippen LogP contribution in [0.15, 0.2) is 68.8 Å². The molecular formula is C21H15NO4S. The molecule has 0 spiro atoms. The normalized spacial score (nSPS) is 14.7. The van der Waals surface area contributed by atoms with E-state index in [1.54, 1.807) is 36.4 Å². The van der Waals surface area contributed by atoms with Gasteiger partial charge in [-0.3, -0.25) is 4.79 Å². The lowest BCUT2D eigenvalue weighted by Gasteiger charge is -2.17. The van der Waals surface area contributed by atoms with Gasteiger partial charge in [0.15, 0.2) is 0 Å². The van der Waals surface area contributed by atoms with Crippen molar-refractivity contribution in [3.05, 3.63) is 76.4 Å². The van der Waals surface area contributed by atoms with E-state index in [1.165, 1.54) is 11.8 Å². The first-order chi connectivity index (χ1) is 13.0. The van der Waals surface area contributed by atoms with Gasteiger partial charge >= 0.3 is 5.97 Å². The molecule has 1 aliphatic rings. The number of furan rings is 1. The van der Waals surface area contributed by atoms with Gasteiger partial charge in [-0.25, -0.2) is 4.79 Å². The minimum absolute atomic E-state index is 0.180. The van der Waals surface area contributed by atoms with E-state index in [0.717, 1.165) is 16.1 Å². The first-order valence-corrected chi connectivity index (χ1v) is 9.07. The van der Waals surface area contributed by atoms with Crippen LogP contribution in [0.25, 0.3) is 17.4 Å². The van der Waals surface area contributed by atoms with Gasteiger partial charge in [0.05, 0.1) is 16.2 Å². The summed E-state index contributed by atoms with van der Waals surface area (Å²) in [5, 5.41) is 12.1. The Kier molecular flexibility index (Phi) is 4.33. The second kappa shape index (κ2) is 6.81. The number of carboxylic acid groups (broad SMARTS) is 1. The molecule has 2 heterocycles. The Balaban J connectivity index is 1.66. The molecule has 3 aromatic rings. The third kappa shape index (κ3) is 3.39. The van der Waals surface area contributed by atoms with Gasteiger partial charge in [0.25, 0.3) is 5.91 Å². The van der Waals surface area contributed by atoms with E-state index >= 15 is 0 Å². The van der Waals surface area contributed by atoms with Gasteiger partial charge in [0.1, 0.15) is 11.5 Å². The molecule has 1 aromatic heterocycles. The van der Waals surface area contributed by atoms with E-state index in [0.29, 0.717) is 22.0 Å². The lowest BCUT2D eigenvalue weighted by Crippen LogP contribution is -2.16. The number of carbonyl (C=O) groups excluding carboxylic acids is 1. The Morgan fingerprint density at radius 1 is 1.15 bits per heavy atom. The molecule has 4 rings (SSSR count). The fourth-order valence-electron chi connectivity index (χ4n) is 2.83. The molecule has 5 nitrogen and oxygen atoms in total. The zero-order valence-corrected chi connectivity index (χ0v) is 15.2. The van der Waals surface area contributed by atoms with Gasteiger partial charge in [0, 0.05) is 16.5 Å². The standard InChI is InChI=1S/C21H15NO4S/c1-12-6-7-13(21(24)25)10-15(12)17-9-8-14(26-17)11-19-20(23)22-16-4-2-3-5-18(16)27-19/h2-11H,1H3,(H,22,23)(H,24,25)/b19-11-. The van der Waals surface area contributed by atoms with Gasteiger partial charge in [-0.2, -0.15) is 0 Å². The van der Waals surface area contributed by atoms with E-state index in [4.69, 9.17) is 4.42 Å². The summed E-state index contributed by atoms with van der Waals surface area (Å²) in [6, 6.07) is 16.1. The number of aromatic carboxylic acids is 1. The number of carboxylic acids is 1. The Morgan fingerprint density at radius 2 is 1.96 bits per heavy atom. The van der Waals surface area contributed by atoms with Crippen LogP contribution in [0.1, 0.15) is 21.7 Å². The maximum atomic E-state index is 12.3. The number of para-hydroxylation sites is 1. The van der Waals surface area contributed by atoms with Crippen LogP contribution in [0, 0.1) is 6.92 Å². The molecule has 1 aliphatic heterocycles. The Labute approximate surface area is 159 Å². The minimum atomic E-state index is -0.987. The lowest BCUT2D eigenvalue weighted by molar-refractivity contribution is -0.112. The summed E-state index contributed by atoms with van der Waals surface area (Å²) in [6.45, 7) is 1.89. The van der Waals surface area contributed by atoms with Crippen molar-refractivity contribution in [1.29, 1.82) is 0 Å². The van der Waals surface area contributed by atoms with E-state index in [2.05, 4.69) is 5.32 Å². The molecule has 0 unspecified atom stereocenters. The second-order valence-corrected chi connectivity index (χ2v) is 7.18. The molecule has 0 aliphatic carbocycles. The number of carbonyl (C=O) groups is 2. The fourth-order valence-corrected chi connectivity index (χ4v) is 3.76. The number of thioether (sulfide) groups is 1. The van der Waals surface area contributed by atoms with E-state index in [9.17, 15) is 14.7 Å². The Morgan fingerprint density at radius 3 is 2.78 bits per heavy atom. The summed E-state index contributed by atoms with van der Waals surface area (Å²) >= 11 is 1.39. The molecule has 134 valence electrons. The molecule has 0 radical (unpaired) electrons. The topological polar surface area (TPSA) is 79.5 Å². The van der Waals surface area contributed by atoms with Crippen molar-refractivity contribution in [2.75, 3.05) is 5.32 Å². The highest BCUT2D eigenvalue weighted by atomic mass is 32.2. The average molecular weight is 377 g/mol. The number of hydrogen-bond donors (Lipinski definition) is 2. The number of hydrogen-bond acceptors (Lipinski definition) is 4. The van der Waals surface area contributed by atoms with Crippen LogP contribution < -0.4 is 5.32 Å². The number of rotatable bonds is 3. The van der Waals surface area contributed by atoms with Crippen LogP contribution in [0.3, 0.4) is 0 Å². The van der Waals surface area contributed by atoms with Crippen molar-refractivity contribution in [1.82, 2.24) is 0 Å². The third-order valence-electron chi connectivity index (χ3n) is 4.23. The SMILES string of the molecule is Cc1ccc(C(=O)O)cc1-c1ccc(/C=C2\Sc3ccccc3NC2=O)o1. The molecule has 2 aromatic carbocycles. The van der Waals surface area contributed by atoms with Crippen molar-refractivity contribution >= 4 is 35.4 Å². The summed E-state index contributed by atoms with van der Waals surface area (Å²) in [5.41, 5.74) is 2.62. The van der Waals surface area contributed by atoms with Crippen LogP contribution in [-0.4, -0.2) is 17.0 Å². The van der Waals surface area contributed by atoms with Crippen LogP contribution in [0.2, 0.25) is 0 Å². The summed E-state index contributed by atoms with van der Waals surface area (Å²) in [4.78, 5) is 25.0. The number of aryl methyl sites for hydroxylation is 1. The van der Waals surface area contributed by atoms with Crippen molar-refractivity contribution in [3.8, 4) is 11.3 Å². The number of fused-ring (bicyclic) bond motifs is 1.